The van der Waals surface area contributed by atoms with Crippen LogP contribution in [0.15, 0.2) is 18.2 Å². The first-order valence-corrected chi connectivity index (χ1v) is 4.99. The maximum atomic E-state index is 11.3. The van der Waals surface area contributed by atoms with Gasteiger partial charge in [-0.05, 0) is 24.6 Å². The Labute approximate surface area is 92.0 Å². The van der Waals surface area contributed by atoms with E-state index in [9.17, 15) is 9.59 Å². The Bertz CT molecular complexity index is 442. The first kappa shape index (κ1) is 10.5. The van der Waals surface area contributed by atoms with Crippen LogP contribution in [0.5, 0.6) is 5.75 Å². The van der Waals surface area contributed by atoms with Crippen molar-refractivity contribution >= 4 is 17.6 Å². The molecule has 0 spiro atoms. The number of nitrogens with one attached hydrogen (secondary N) is 1. The van der Waals surface area contributed by atoms with E-state index in [2.05, 4.69) is 5.32 Å². The molecule has 84 valence electrons. The Morgan fingerprint density at radius 2 is 2.25 bits per heavy atom. The standard InChI is InChI=1S/C11H11NO4/c13-10-2-1-5-12-8-6-7(11(14)15)3-4-9(8)16-10/h3-4,6,12H,1-2,5H2,(H,14,15). The Morgan fingerprint density at radius 3 is 3.00 bits per heavy atom. The summed E-state index contributed by atoms with van der Waals surface area (Å²) in [5.41, 5.74) is 0.718. The molecule has 0 saturated carbocycles. The van der Waals surface area contributed by atoms with E-state index in [0.717, 1.165) is 0 Å². The van der Waals surface area contributed by atoms with Gasteiger partial charge in [0.15, 0.2) is 5.75 Å². The molecule has 5 nitrogen and oxygen atoms in total. The van der Waals surface area contributed by atoms with Crippen molar-refractivity contribution in [2.75, 3.05) is 11.9 Å². The van der Waals surface area contributed by atoms with Crippen molar-refractivity contribution in [2.24, 2.45) is 0 Å². The Hall–Kier alpha value is -2.04. The molecule has 0 aromatic heterocycles. The molecular weight excluding hydrogens is 210 g/mol. The first-order chi connectivity index (χ1) is 7.66. The zero-order chi connectivity index (χ0) is 11.5. The fraction of sp³-hybridized carbons (Fsp3) is 0.273. The lowest BCUT2D eigenvalue weighted by molar-refractivity contribution is -0.134. The third kappa shape index (κ3) is 2.13. The number of benzene rings is 1. The van der Waals surface area contributed by atoms with Gasteiger partial charge in [0.2, 0.25) is 0 Å². The molecule has 0 aliphatic carbocycles. The summed E-state index contributed by atoms with van der Waals surface area (Å²) in [6, 6.07) is 4.38. The topological polar surface area (TPSA) is 75.6 Å². The van der Waals surface area contributed by atoms with Crippen LogP contribution >= 0.6 is 0 Å². The largest absolute Gasteiger partial charge is 0.478 e. The molecule has 1 aliphatic rings. The highest BCUT2D eigenvalue weighted by atomic mass is 16.5. The minimum Gasteiger partial charge on any atom is -0.478 e. The van der Waals surface area contributed by atoms with E-state index in [1.807, 2.05) is 0 Å². The van der Waals surface area contributed by atoms with Gasteiger partial charge in [-0.2, -0.15) is 0 Å². The predicted octanol–water partition coefficient (Wildman–Crippen LogP) is 1.50. The summed E-state index contributed by atoms with van der Waals surface area (Å²) in [5, 5.41) is 11.9. The van der Waals surface area contributed by atoms with Gasteiger partial charge in [-0.15, -0.1) is 0 Å². The van der Waals surface area contributed by atoms with Crippen molar-refractivity contribution in [2.45, 2.75) is 12.8 Å². The maximum Gasteiger partial charge on any atom is 0.335 e. The molecule has 0 saturated heterocycles. The minimum atomic E-state index is -1.00. The van der Waals surface area contributed by atoms with Crippen molar-refractivity contribution in [1.29, 1.82) is 0 Å². The molecule has 1 aromatic rings. The van der Waals surface area contributed by atoms with Crippen LogP contribution in [0.1, 0.15) is 23.2 Å². The molecule has 0 amide bonds. The van der Waals surface area contributed by atoms with Crippen molar-refractivity contribution < 1.29 is 19.4 Å². The summed E-state index contributed by atoms with van der Waals surface area (Å²) in [4.78, 5) is 22.0. The van der Waals surface area contributed by atoms with E-state index in [0.29, 0.717) is 30.8 Å². The fourth-order valence-corrected chi connectivity index (χ4v) is 1.52. The van der Waals surface area contributed by atoms with E-state index in [1.165, 1.54) is 18.2 Å². The van der Waals surface area contributed by atoms with Crippen LogP contribution in [0, 0.1) is 0 Å². The Kier molecular flexibility index (Phi) is 2.76. The van der Waals surface area contributed by atoms with Gasteiger partial charge in [0.25, 0.3) is 0 Å². The number of esters is 1. The number of aromatic carboxylic acids is 1. The monoisotopic (exact) mass is 221 g/mol. The summed E-state index contributed by atoms with van der Waals surface area (Å²) < 4.78 is 5.08. The van der Waals surface area contributed by atoms with Gasteiger partial charge in [-0.1, -0.05) is 0 Å². The van der Waals surface area contributed by atoms with Crippen molar-refractivity contribution in [3.05, 3.63) is 23.8 Å². The molecule has 0 unspecified atom stereocenters. The molecule has 0 radical (unpaired) electrons. The first-order valence-electron chi connectivity index (χ1n) is 4.99. The van der Waals surface area contributed by atoms with Gasteiger partial charge in [0.1, 0.15) is 0 Å². The van der Waals surface area contributed by atoms with Gasteiger partial charge >= 0.3 is 11.9 Å². The average molecular weight is 221 g/mol. The average Bonchev–Trinajstić information content (AvgIpc) is 2.22. The third-order valence-electron chi connectivity index (χ3n) is 2.32. The van der Waals surface area contributed by atoms with Crippen molar-refractivity contribution in [3.63, 3.8) is 0 Å². The summed E-state index contributed by atoms with van der Waals surface area (Å²) in [7, 11) is 0. The van der Waals surface area contributed by atoms with E-state index < -0.39 is 5.97 Å². The Balaban J connectivity index is 2.36. The molecule has 0 atom stereocenters. The number of rotatable bonds is 1. The number of carbonyl (C=O) groups is 2. The van der Waals surface area contributed by atoms with Crippen LogP contribution in [-0.4, -0.2) is 23.6 Å². The highest BCUT2D eigenvalue weighted by Gasteiger charge is 2.14. The van der Waals surface area contributed by atoms with E-state index in [1.54, 1.807) is 0 Å². The number of carboxylic acids is 1. The van der Waals surface area contributed by atoms with Crippen LogP contribution in [0.3, 0.4) is 0 Å². The van der Waals surface area contributed by atoms with Crippen LogP contribution in [0.4, 0.5) is 5.69 Å². The van der Waals surface area contributed by atoms with Gasteiger partial charge in [0, 0.05) is 13.0 Å². The Morgan fingerprint density at radius 1 is 1.44 bits per heavy atom. The molecule has 5 heteroatoms. The smallest absolute Gasteiger partial charge is 0.335 e. The molecule has 1 aliphatic heterocycles. The number of carbonyl (C=O) groups excluding carboxylic acids is 1. The SMILES string of the molecule is O=C1CCCNc2cc(C(=O)O)ccc2O1. The number of hydrogen-bond acceptors (Lipinski definition) is 4. The van der Waals surface area contributed by atoms with Crippen LogP contribution in [0.25, 0.3) is 0 Å². The second-order valence-electron chi connectivity index (χ2n) is 3.52. The van der Waals surface area contributed by atoms with Gasteiger partial charge in [-0.25, -0.2) is 4.79 Å². The number of carboxylic acid groups (broad SMARTS) is 1. The molecule has 0 bridgehead atoms. The lowest BCUT2D eigenvalue weighted by Gasteiger charge is -2.15. The molecule has 1 aromatic carbocycles. The number of ether oxygens (including phenoxy) is 1. The van der Waals surface area contributed by atoms with Gasteiger partial charge < -0.3 is 15.2 Å². The zero-order valence-electron chi connectivity index (χ0n) is 8.53. The summed E-state index contributed by atoms with van der Waals surface area (Å²) in [5.74, 6) is -0.904. The highest BCUT2D eigenvalue weighted by molar-refractivity contribution is 5.90. The summed E-state index contributed by atoms with van der Waals surface area (Å²) >= 11 is 0. The van der Waals surface area contributed by atoms with Gasteiger partial charge in [-0.3, -0.25) is 4.79 Å². The van der Waals surface area contributed by atoms with Crippen LogP contribution < -0.4 is 10.1 Å². The second-order valence-corrected chi connectivity index (χ2v) is 3.52. The van der Waals surface area contributed by atoms with E-state index in [4.69, 9.17) is 9.84 Å². The van der Waals surface area contributed by atoms with Crippen molar-refractivity contribution in [3.8, 4) is 5.75 Å². The molecule has 2 rings (SSSR count). The van der Waals surface area contributed by atoms with Crippen molar-refractivity contribution in [1.82, 2.24) is 0 Å². The second kappa shape index (κ2) is 4.22. The zero-order valence-corrected chi connectivity index (χ0v) is 8.53. The fourth-order valence-electron chi connectivity index (χ4n) is 1.52. The van der Waals surface area contributed by atoms with Crippen LogP contribution in [-0.2, 0) is 4.79 Å². The normalized spacial score (nSPS) is 15.1. The summed E-state index contributed by atoms with van der Waals surface area (Å²) in [6.45, 7) is 0.630. The predicted molar refractivity (Wildman–Crippen MR) is 56.8 cm³/mol. The molecule has 0 fully saturated rings. The van der Waals surface area contributed by atoms with Crippen LogP contribution in [0.2, 0.25) is 0 Å². The third-order valence-corrected chi connectivity index (χ3v) is 2.32. The molecular formula is C11H11NO4. The number of hydrogen-bond donors (Lipinski definition) is 2. The highest BCUT2D eigenvalue weighted by Crippen LogP contribution is 2.27. The summed E-state index contributed by atoms with van der Waals surface area (Å²) in [6.07, 6.45) is 1.04. The lowest BCUT2D eigenvalue weighted by atomic mass is 10.1. The number of anilines is 1. The van der Waals surface area contributed by atoms with E-state index >= 15 is 0 Å². The number of fused-ring (bicyclic) bond motifs is 1. The lowest BCUT2D eigenvalue weighted by Crippen LogP contribution is -2.16. The maximum absolute atomic E-state index is 11.3. The van der Waals surface area contributed by atoms with E-state index in [-0.39, 0.29) is 11.5 Å². The minimum absolute atomic E-state index is 0.169. The van der Waals surface area contributed by atoms with Gasteiger partial charge in [0.05, 0.1) is 11.3 Å². The molecule has 2 N–H and O–H groups in total. The molecule has 1 heterocycles. The quantitative estimate of drug-likeness (QED) is 0.555. The molecule has 16 heavy (non-hydrogen) atoms.